The van der Waals surface area contributed by atoms with E-state index in [1.54, 1.807) is 0 Å². The Morgan fingerprint density at radius 1 is 0.680 bits per heavy atom. The Hall–Kier alpha value is 0.210. The van der Waals surface area contributed by atoms with Crippen molar-refractivity contribution in [2.45, 2.75) is 98.3 Å². The Kier molecular flexibility index (Phi) is 16.5. The highest BCUT2D eigenvalue weighted by Crippen LogP contribution is 2.27. The van der Waals surface area contributed by atoms with E-state index in [-0.39, 0.29) is 0 Å². The Balaban J connectivity index is 3.65. The maximum absolute atomic E-state index is 6.12. The molecule has 5 atom stereocenters. The van der Waals surface area contributed by atoms with Gasteiger partial charge in [0.25, 0.3) is 0 Å². The summed E-state index contributed by atoms with van der Waals surface area (Å²) in [7, 11) is 0. The molecule has 0 N–H and O–H groups in total. The molecule has 0 aromatic heterocycles. The molecule has 152 valence electrons. The third kappa shape index (κ3) is 17.4. The van der Waals surface area contributed by atoms with Gasteiger partial charge in [0, 0.05) is 18.6 Å². The fourth-order valence-electron chi connectivity index (χ4n) is 3.98. The standard InChI is InChI=1S/C22H45ClO2/c1-7-8-11-24-17-25-12-9-10-18(2)13-19(3)14-20(4)15-21(5)16-22(6)23/h18-22H,7-17H2,1-6H3. The fourth-order valence-corrected chi connectivity index (χ4v) is 4.28. The first-order valence-electron chi connectivity index (χ1n) is 10.6. The van der Waals surface area contributed by atoms with Gasteiger partial charge >= 0.3 is 0 Å². The average Bonchev–Trinajstić information content (AvgIpc) is 2.48. The maximum Gasteiger partial charge on any atom is 0.146 e. The van der Waals surface area contributed by atoms with Gasteiger partial charge in [-0.2, -0.15) is 0 Å². The van der Waals surface area contributed by atoms with Crippen LogP contribution in [-0.4, -0.2) is 25.4 Å². The lowest BCUT2D eigenvalue weighted by atomic mass is 9.84. The first kappa shape index (κ1) is 25.2. The maximum atomic E-state index is 6.12. The van der Waals surface area contributed by atoms with E-state index in [2.05, 4.69) is 41.5 Å². The highest BCUT2D eigenvalue weighted by molar-refractivity contribution is 6.20. The number of unbranched alkanes of at least 4 members (excludes halogenated alkanes) is 1. The van der Waals surface area contributed by atoms with Crippen LogP contribution in [0.3, 0.4) is 0 Å². The van der Waals surface area contributed by atoms with Crippen LogP contribution in [0.25, 0.3) is 0 Å². The molecule has 0 aliphatic carbocycles. The lowest BCUT2D eigenvalue weighted by Gasteiger charge is -2.23. The molecule has 0 aromatic rings. The zero-order valence-corrected chi connectivity index (χ0v) is 18.6. The van der Waals surface area contributed by atoms with Crippen molar-refractivity contribution in [2.24, 2.45) is 23.7 Å². The van der Waals surface area contributed by atoms with Crippen LogP contribution in [0.2, 0.25) is 0 Å². The van der Waals surface area contributed by atoms with Gasteiger partial charge < -0.3 is 9.47 Å². The number of hydrogen-bond acceptors (Lipinski definition) is 2. The minimum atomic E-state index is 0.305. The molecule has 0 radical (unpaired) electrons. The van der Waals surface area contributed by atoms with Gasteiger partial charge in [-0.1, -0.05) is 41.0 Å². The van der Waals surface area contributed by atoms with E-state index >= 15 is 0 Å². The third-order valence-electron chi connectivity index (χ3n) is 4.94. The van der Waals surface area contributed by atoms with Crippen molar-refractivity contribution in [3.05, 3.63) is 0 Å². The van der Waals surface area contributed by atoms with Crippen molar-refractivity contribution in [2.75, 3.05) is 20.0 Å². The SMILES string of the molecule is CCCCOCOCCCC(C)CC(C)CC(C)CC(C)CC(C)Cl. The quantitative estimate of drug-likeness (QED) is 0.151. The number of hydrogen-bond donors (Lipinski definition) is 0. The topological polar surface area (TPSA) is 18.5 Å². The predicted molar refractivity (Wildman–Crippen MR) is 111 cm³/mol. The van der Waals surface area contributed by atoms with Gasteiger partial charge in [0.1, 0.15) is 6.79 Å². The summed E-state index contributed by atoms with van der Waals surface area (Å²) in [6.45, 7) is 15.9. The first-order chi connectivity index (χ1) is 11.8. The normalized spacial score (nSPS) is 17.9. The van der Waals surface area contributed by atoms with Crippen molar-refractivity contribution in [3.63, 3.8) is 0 Å². The summed E-state index contributed by atoms with van der Waals surface area (Å²) in [5, 5.41) is 0.305. The minimum absolute atomic E-state index is 0.305. The van der Waals surface area contributed by atoms with Crippen LogP contribution in [-0.2, 0) is 9.47 Å². The molecule has 3 heteroatoms. The number of halogens is 1. The Morgan fingerprint density at radius 2 is 1.16 bits per heavy atom. The Bertz CT molecular complexity index is 283. The van der Waals surface area contributed by atoms with Gasteiger partial charge in [0.05, 0.1) is 0 Å². The lowest BCUT2D eigenvalue weighted by Crippen LogP contribution is -2.12. The lowest BCUT2D eigenvalue weighted by molar-refractivity contribution is -0.0558. The number of alkyl halides is 1. The van der Waals surface area contributed by atoms with E-state index in [1.807, 2.05) is 0 Å². The Labute approximate surface area is 163 Å². The second kappa shape index (κ2) is 16.4. The van der Waals surface area contributed by atoms with Gasteiger partial charge in [-0.05, 0) is 75.5 Å². The van der Waals surface area contributed by atoms with Crippen LogP contribution >= 0.6 is 11.6 Å². The largest absolute Gasteiger partial charge is 0.355 e. The molecule has 0 bridgehead atoms. The molecule has 2 nitrogen and oxygen atoms in total. The molecule has 0 aliphatic heterocycles. The van der Waals surface area contributed by atoms with E-state index in [1.165, 1.54) is 32.1 Å². The summed E-state index contributed by atoms with van der Waals surface area (Å²) in [6, 6.07) is 0. The van der Waals surface area contributed by atoms with Gasteiger partial charge in [-0.25, -0.2) is 0 Å². The van der Waals surface area contributed by atoms with E-state index in [4.69, 9.17) is 21.1 Å². The molecule has 0 amide bonds. The summed E-state index contributed by atoms with van der Waals surface area (Å²) in [5.41, 5.74) is 0. The molecule has 0 spiro atoms. The number of ether oxygens (including phenoxy) is 2. The van der Waals surface area contributed by atoms with Crippen LogP contribution in [0.15, 0.2) is 0 Å². The second-order valence-corrected chi connectivity index (χ2v) is 9.32. The van der Waals surface area contributed by atoms with Crippen LogP contribution in [0.4, 0.5) is 0 Å². The molecular formula is C22H45ClO2. The molecule has 25 heavy (non-hydrogen) atoms. The second-order valence-electron chi connectivity index (χ2n) is 8.57. The van der Waals surface area contributed by atoms with Gasteiger partial charge in [0.2, 0.25) is 0 Å². The highest BCUT2D eigenvalue weighted by Gasteiger charge is 2.15. The predicted octanol–water partition coefficient (Wildman–Crippen LogP) is 7.29. The van der Waals surface area contributed by atoms with Crippen LogP contribution < -0.4 is 0 Å². The van der Waals surface area contributed by atoms with Crippen LogP contribution in [0, 0.1) is 23.7 Å². The monoisotopic (exact) mass is 376 g/mol. The minimum Gasteiger partial charge on any atom is -0.355 e. The summed E-state index contributed by atoms with van der Waals surface area (Å²) in [5.74, 6) is 3.14. The van der Waals surface area contributed by atoms with Crippen molar-refractivity contribution < 1.29 is 9.47 Å². The fraction of sp³-hybridized carbons (Fsp3) is 1.00. The van der Waals surface area contributed by atoms with Crippen molar-refractivity contribution >= 4 is 11.6 Å². The van der Waals surface area contributed by atoms with Crippen molar-refractivity contribution in [1.82, 2.24) is 0 Å². The zero-order chi connectivity index (χ0) is 19.1. The van der Waals surface area contributed by atoms with E-state index in [9.17, 15) is 0 Å². The van der Waals surface area contributed by atoms with E-state index in [0.29, 0.717) is 12.2 Å². The number of rotatable bonds is 17. The summed E-state index contributed by atoms with van der Waals surface area (Å²) >= 11 is 6.12. The summed E-state index contributed by atoms with van der Waals surface area (Å²) < 4.78 is 11.0. The molecule has 0 saturated heterocycles. The molecule has 5 unspecified atom stereocenters. The summed E-state index contributed by atoms with van der Waals surface area (Å²) in [6.07, 6.45) is 9.82. The highest BCUT2D eigenvalue weighted by atomic mass is 35.5. The zero-order valence-electron chi connectivity index (χ0n) is 17.9. The van der Waals surface area contributed by atoms with Crippen LogP contribution in [0.5, 0.6) is 0 Å². The molecule has 0 rings (SSSR count). The molecule has 0 aromatic carbocycles. The van der Waals surface area contributed by atoms with Crippen molar-refractivity contribution in [3.8, 4) is 0 Å². The van der Waals surface area contributed by atoms with Crippen molar-refractivity contribution in [1.29, 1.82) is 0 Å². The molecule has 0 heterocycles. The van der Waals surface area contributed by atoms with E-state index in [0.717, 1.165) is 56.1 Å². The van der Waals surface area contributed by atoms with E-state index < -0.39 is 0 Å². The molecule has 0 aliphatic rings. The smallest absolute Gasteiger partial charge is 0.146 e. The summed E-state index contributed by atoms with van der Waals surface area (Å²) in [4.78, 5) is 0. The van der Waals surface area contributed by atoms with Gasteiger partial charge in [-0.15, -0.1) is 11.6 Å². The third-order valence-corrected chi connectivity index (χ3v) is 5.11. The average molecular weight is 377 g/mol. The Morgan fingerprint density at radius 3 is 1.68 bits per heavy atom. The molecule has 0 saturated carbocycles. The van der Waals surface area contributed by atoms with Gasteiger partial charge in [0.15, 0.2) is 0 Å². The van der Waals surface area contributed by atoms with Crippen LogP contribution in [0.1, 0.15) is 92.9 Å². The van der Waals surface area contributed by atoms with Gasteiger partial charge in [-0.3, -0.25) is 0 Å². The molecule has 0 fully saturated rings. The molecular weight excluding hydrogens is 332 g/mol. The first-order valence-corrected chi connectivity index (χ1v) is 11.1.